The van der Waals surface area contributed by atoms with Gasteiger partial charge in [0.05, 0.1) is 19.8 Å². The summed E-state index contributed by atoms with van der Waals surface area (Å²) < 4.78 is 10.9. The van der Waals surface area contributed by atoms with E-state index in [4.69, 9.17) is 21.1 Å². The first-order chi connectivity index (χ1) is 10.1. The molecule has 2 aromatic rings. The smallest absolute Gasteiger partial charge is 0.125 e. The minimum atomic E-state index is -0.611. The van der Waals surface area contributed by atoms with Crippen LogP contribution in [-0.2, 0) is 6.42 Å². The summed E-state index contributed by atoms with van der Waals surface area (Å²) in [6.45, 7) is 2.23. The molecule has 3 nitrogen and oxygen atoms in total. The highest BCUT2D eigenvalue weighted by atomic mass is 35.5. The Morgan fingerprint density at radius 1 is 1.14 bits per heavy atom. The lowest BCUT2D eigenvalue weighted by molar-refractivity contribution is 0.191. The summed E-state index contributed by atoms with van der Waals surface area (Å²) in [5, 5.41) is 10.3. The Labute approximate surface area is 130 Å². The number of halogens is 1. The van der Waals surface area contributed by atoms with Gasteiger partial charge in [-0.3, -0.25) is 0 Å². The Hall–Kier alpha value is -1.71. The third-order valence-corrected chi connectivity index (χ3v) is 3.46. The van der Waals surface area contributed by atoms with Gasteiger partial charge < -0.3 is 14.6 Å². The summed E-state index contributed by atoms with van der Waals surface area (Å²) >= 11 is 5.94. The molecular weight excluding hydrogens is 288 g/mol. The molecule has 1 N–H and O–H groups in total. The van der Waals surface area contributed by atoms with Gasteiger partial charge >= 0.3 is 0 Å². The Balaban J connectivity index is 1.96. The first-order valence-corrected chi connectivity index (χ1v) is 7.21. The molecule has 1 unspecified atom stereocenters. The number of rotatable bonds is 6. The molecule has 0 heterocycles. The molecule has 0 aliphatic heterocycles. The predicted molar refractivity (Wildman–Crippen MR) is 84.3 cm³/mol. The van der Waals surface area contributed by atoms with Crippen molar-refractivity contribution in [2.45, 2.75) is 19.4 Å². The van der Waals surface area contributed by atoms with E-state index in [1.165, 1.54) is 5.56 Å². The second-order valence-electron chi connectivity index (χ2n) is 4.80. The Morgan fingerprint density at radius 3 is 2.48 bits per heavy atom. The number of hydrogen-bond acceptors (Lipinski definition) is 3. The summed E-state index contributed by atoms with van der Waals surface area (Å²) in [5.74, 6) is 1.51. The van der Waals surface area contributed by atoms with E-state index in [0.717, 1.165) is 12.2 Å². The highest BCUT2D eigenvalue weighted by Gasteiger charge is 2.10. The van der Waals surface area contributed by atoms with Gasteiger partial charge in [-0.2, -0.15) is 0 Å². The minimum Gasteiger partial charge on any atom is -0.497 e. The quantitative estimate of drug-likeness (QED) is 0.876. The van der Waals surface area contributed by atoms with Gasteiger partial charge in [-0.25, -0.2) is 0 Å². The number of methoxy groups -OCH3 is 1. The van der Waals surface area contributed by atoms with E-state index >= 15 is 0 Å². The standard InChI is InChI=1S/C17H19ClO3/c1-12(19)16-11-14(18)5-8-17(16)21-10-9-13-3-6-15(20-2)7-4-13/h3-8,11-12,19H,9-10H2,1-2H3. The number of aliphatic hydroxyl groups is 1. The lowest BCUT2D eigenvalue weighted by Gasteiger charge is -2.14. The molecule has 0 amide bonds. The zero-order valence-electron chi connectivity index (χ0n) is 12.2. The molecule has 0 saturated heterocycles. The van der Waals surface area contributed by atoms with Crippen molar-refractivity contribution in [2.24, 2.45) is 0 Å². The second kappa shape index (κ2) is 7.34. The minimum absolute atomic E-state index is 0.535. The average Bonchev–Trinajstić information content (AvgIpc) is 2.49. The normalized spacial score (nSPS) is 12.0. The fraction of sp³-hybridized carbons (Fsp3) is 0.294. The monoisotopic (exact) mass is 306 g/mol. The summed E-state index contributed by atoms with van der Waals surface area (Å²) in [5.41, 5.74) is 1.88. The topological polar surface area (TPSA) is 38.7 Å². The van der Waals surface area contributed by atoms with Gasteiger partial charge in [0.25, 0.3) is 0 Å². The van der Waals surface area contributed by atoms with E-state index in [2.05, 4.69) is 0 Å². The molecule has 0 fully saturated rings. The first-order valence-electron chi connectivity index (χ1n) is 6.83. The van der Waals surface area contributed by atoms with Gasteiger partial charge in [0.15, 0.2) is 0 Å². The summed E-state index contributed by atoms with van der Waals surface area (Å²) in [6, 6.07) is 13.2. The van der Waals surface area contributed by atoms with E-state index in [0.29, 0.717) is 22.9 Å². The van der Waals surface area contributed by atoms with E-state index in [1.54, 1.807) is 32.2 Å². The van der Waals surface area contributed by atoms with E-state index in [1.807, 2.05) is 24.3 Å². The lowest BCUT2D eigenvalue weighted by atomic mass is 10.1. The third-order valence-electron chi connectivity index (χ3n) is 3.23. The van der Waals surface area contributed by atoms with Crippen molar-refractivity contribution >= 4 is 11.6 Å². The van der Waals surface area contributed by atoms with Crippen LogP contribution in [0, 0.1) is 0 Å². The lowest BCUT2D eigenvalue weighted by Crippen LogP contribution is -2.04. The molecule has 4 heteroatoms. The number of aliphatic hydroxyl groups excluding tert-OH is 1. The van der Waals surface area contributed by atoms with Gasteiger partial charge in [0.1, 0.15) is 11.5 Å². The molecule has 2 rings (SSSR count). The molecule has 0 radical (unpaired) electrons. The van der Waals surface area contributed by atoms with Crippen LogP contribution in [0.15, 0.2) is 42.5 Å². The molecule has 0 spiro atoms. The molecule has 0 aliphatic carbocycles. The second-order valence-corrected chi connectivity index (χ2v) is 5.24. The van der Waals surface area contributed by atoms with Crippen molar-refractivity contribution in [3.8, 4) is 11.5 Å². The van der Waals surface area contributed by atoms with Crippen LogP contribution >= 0.6 is 11.6 Å². The molecule has 1 atom stereocenters. The maximum Gasteiger partial charge on any atom is 0.125 e. The molecule has 0 aliphatic rings. The molecule has 0 bridgehead atoms. The average molecular weight is 307 g/mol. The van der Waals surface area contributed by atoms with Crippen LogP contribution in [0.1, 0.15) is 24.2 Å². The molecule has 0 saturated carbocycles. The molecule has 0 aromatic heterocycles. The van der Waals surface area contributed by atoms with Crippen molar-refractivity contribution in [3.05, 3.63) is 58.6 Å². The Morgan fingerprint density at radius 2 is 1.86 bits per heavy atom. The van der Waals surface area contributed by atoms with Crippen molar-refractivity contribution < 1.29 is 14.6 Å². The van der Waals surface area contributed by atoms with Gasteiger partial charge in [-0.05, 0) is 42.8 Å². The summed E-state index contributed by atoms with van der Waals surface area (Å²) in [6.07, 6.45) is 0.172. The van der Waals surface area contributed by atoms with Crippen LogP contribution in [0.2, 0.25) is 5.02 Å². The SMILES string of the molecule is COc1ccc(CCOc2ccc(Cl)cc2C(C)O)cc1. The highest BCUT2D eigenvalue weighted by molar-refractivity contribution is 6.30. The van der Waals surface area contributed by atoms with Crippen LogP contribution in [0.4, 0.5) is 0 Å². The number of ether oxygens (including phenoxy) is 2. The van der Waals surface area contributed by atoms with Crippen molar-refractivity contribution in [2.75, 3.05) is 13.7 Å². The van der Waals surface area contributed by atoms with Crippen LogP contribution < -0.4 is 9.47 Å². The summed E-state index contributed by atoms with van der Waals surface area (Å²) in [7, 11) is 1.65. The van der Waals surface area contributed by atoms with Crippen molar-refractivity contribution in [1.82, 2.24) is 0 Å². The van der Waals surface area contributed by atoms with E-state index in [-0.39, 0.29) is 0 Å². The first kappa shape index (κ1) is 15.7. The molecule has 112 valence electrons. The fourth-order valence-corrected chi connectivity index (χ4v) is 2.23. The van der Waals surface area contributed by atoms with Crippen LogP contribution in [0.25, 0.3) is 0 Å². The zero-order chi connectivity index (χ0) is 15.2. The Bertz CT molecular complexity index is 579. The molecule has 2 aromatic carbocycles. The largest absolute Gasteiger partial charge is 0.497 e. The van der Waals surface area contributed by atoms with Crippen LogP contribution in [0.3, 0.4) is 0 Å². The van der Waals surface area contributed by atoms with E-state index in [9.17, 15) is 5.11 Å². The third kappa shape index (κ3) is 4.38. The highest BCUT2D eigenvalue weighted by Crippen LogP contribution is 2.28. The van der Waals surface area contributed by atoms with Crippen LogP contribution in [-0.4, -0.2) is 18.8 Å². The van der Waals surface area contributed by atoms with E-state index < -0.39 is 6.10 Å². The van der Waals surface area contributed by atoms with Crippen molar-refractivity contribution in [1.29, 1.82) is 0 Å². The van der Waals surface area contributed by atoms with Gasteiger partial charge in [-0.15, -0.1) is 0 Å². The zero-order valence-corrected chi connectivity index (χ0v) is 12.9. The number of hydrogen-bond donors (Lipinski definition) is 1. The Kier molecular flexibility index (Phi) is 5.48. The maximum atomic E-state index is 9.75. The van der Waals surface area contributed by atoms with Gasteiger partial charge in [0, 0.05) is 17.0 Å². The van der Waals surface area contributed by atoms with Crippen molar-refractivity contribution in [3.63, 3.8) is 0 Å². The van der Waals surface area contributed by atoms with Crippen LogP contribution in [0.5, 0.6) is 11.5 Å². The van der Waals surface area contributed by atoms with Gasteiger partial charge in [0.2, 0.25) is 0 Å². The molecular formula is C17H19ClO3. The maximum absolute atomic E-state index is 9.75. The van der Waals surface area contributed by atoms with Gasteiger partial charge in [-0.1, -0.05) is 23.7 Å². The fourth-order valence-electron chi connectivity index (χ4n) is 2.05. The molecule has 21 heavy (non-hydrogen) atoms. The predicted octanol–water partition coefficient (Wildman–Crippen LogP) is 4.02. The number of benzene rings is 2. The summed E-state index contributed by atoms with van der Waals surface area (Å²) in [4.78, 5) is 0.